The zero-order valence-electron chi connectivity index (χ0n) is 7.14. The molecule has 2 nitrogen and oxygen atoms in total. The van der Waals surface area contributed by atoms with Crippen molar-refractivity contribution in [3.63, 3.8) is 0 Å². The minimum Gasteiger partial charge on any atom is -0.189 e. The van der Waals surface area contributed by atoms with Crippen LogP contribution in [0.3, 0.4) is 0 Å². The predicted molar refractivity (Wildman–Crippen MR) is 51.9 cm³/mol. The molecular weight excluding hydrogens is 259 g/mol. The third kappa shape index (κ3) is 2.08. The van der Waals surface area contributed by atoms with Crippen LogP contribution in [0, 0.1) is 13.8 Å². The van der Waals surface area contributed by atoms with Crippen LogP contribution in [-0.4, -0.2) is 8.42 Å². The maximum Gasteiger partial charge on any atom is 0.332 e. The zero-order chi connectivity index (χ0) is 10.2. The third-order valence-electron chi connectivity index (χ3n) is 1.93. The van der Waals surface area contributed by atoms with Crippen LogP contribution < -0.4 is 0 Å². The zero-order valence-corrected chi connectivity index (χ0v) is 9.54. The maximum absolute atomic E-state index is 12.7. The summed E-state index contributed by atoms with van der Waals surface area (Å²) in [5.41, 5.74) is 1.18. The van der Waals surface area contributed by atoms with E-state index in [4.69, 9.17) is 0 Å². The Morgan fingerprint density at radius 1 is 1.23 bits per heavy atom. The normalized spacial score (nSPS) is 11.7. The monoisotopic (exact) mass is 266 g/mol. The predicted octanol–water partition coefficient (Wildman–Crippen LogP) is 2.72. The molecule has 1 rings (SSSR count). The van der Waals surface area contributed by atoms with E-state index in [9.17, 15) is 12.3 Å². The molecule has 0 aliphatic heterocycles. The second kappa shape index (κ2) is 3.38. The number of benzene rings is 1. The summed E-state index contributed by atoms with van der Waals surface area (Å²) >= 11 is 3.23. The molecule has 0 N–H and O–H groups in total. The lowest BCUT2D eigenvalue weighted by atomic mass is 10.1. The van der Waals surface area contributed by atoms with Crippen LogP contribution in [0.5, 0.6) is 0 Å². The Balaban J connectivity index is 3.53. The molecule has 0 aliphatic rings. The number of halogens is 2. The Morgan fingerprint density at radius 2 is 1.77 bits per heavy atom. The van der Waals surface area contributed by atoms with E-state index in [2.05, 4.69) is 15.9 Å². The SMILES string of the molecule is Cc1c(Br)ccc(S(=O)(=O)F)c1C. The van der Waals surface area contributed by atoms with E-state index in [1.807, 2.05) is 0 Å². The maximum atomic E-state index is 12.7. The van der Waals surface area contributed by atoms with Crippen molar-refractivity contribution < 1.29 is 12.3 Å². The van der Waals surface area contributed by atoms with Gasteiger partial charge in [0, 0.05) is 4.47 Å². The molecule has 0 aromatic heterocycles. The first-order valence-corrected chi connectivity index (χ1v) is 5.72. The minimum atomic E-state index is -4.59. The lowest BCUT2D eigenvalue weighted by molar-refractivity contribution is 0.551. The average Bonchev–Trinajstić information content (AvgIpc) is 1.98. The first-order valence-electron chi connectivity index (χ1n) is 3.54. The van der Waals surface area contributed by atoms with Crippen molar-refractivity contribution >= 4 is 26.2 Å². The van der Waals surface area contributed by atoms with Gasteiger partial charge < -0.3 is 0 Å². The molecule has 5 heteroatoms. The number of hydrogen-bond donors (Lipinski definition) is 0. The van der Waals surface area contributed by atoms with Crippen molar-refractivity contribution in [1.82, 2.24) is 0 Å². The Hall–Kier alpha value is -0.420. The topological polar surface area (TPSA) is 34.1 Å². The van der Waals surface area contributed by atoms with Gasteiger partial charge in [0.1, 0.15) is 4.90 Å². The molecule has 13 heavy (non-hydrogen) atoms. The van der Waals surface area contributed by atoms with Crippen molar-refractivity contribution in [1.29, 1.82) is 0 Å². The summed E-state index contributed by atoms with van der Waals surface area (Å²) in [5, 5.41) is 0. The molecule has 0 atom stereocenters. The van der Waals surface area contributed by atoms with Crippen LogP contribution in [0.25, 0.3) is 0 Å². The molecule has 0 bridgehead atoms. The molecule has 1 aromatic rings. The molecular formula is C8H8BrFO2S. The summed E-state index contributed by atoms with van der Waals surface area (Å²) in [6, 6.07) is 2.77. The molecule has 0 spiro atoms. The van der Waals surface area contributed by atoms with Gasteiger partial charge in [0.05, 0.1) is 0 Å². The van der Waals surface area contributed by atoms with Gasteiger partial charge in [-0.05, 0) is 37.1 Å². The quantitative estimate of drug-likeness (QED) is 0.733. The van der Waals surface area contributed by atoms with Crippen molar-refractivity contribution in [2.45, 2.75) is 18.7 Å². The molecule has 0 unspecified atom stereocenters. The summed E-state index contributed by atoms with van der Waals surface area (Å²) < 4.78 is 34.7. The Bertz CT molecular complexity index is 440. The van der Waals surface area contributed by atoms with Gasteiger partial charge in [-0.1, -0.05) is 15.9 Å². The third-order valence-corrected chi connectivity index (χ3v) is 3.76. The van der Waals surface area contributed by atoms with Crippen molar-refractivity contribution in [2.75, 3.05) is 0 Å². The van der Waals surface area contributed by atoms with Crippen molar-refractivity contribution in [3.05, 3.63) is 27.7 Å². The molecule has 0 fully saturated rings. The van der Waals surface area contributed by atoms with Crippen LogP contribution in [0.4, 0.5) is 3.89 Å². The average molecular weight is 267 g/mol. The Labute approximate surface area is 85.1 Å². The Morgan fingerprint density at radius 3 is 2.23 bits per heavy atom. The van der Waals surface area contributed by atoms with Gasteiger partial charge in [0.2, 0.25) is 0 Å². The fourth-order valence-electron chi connectivity index (χ4n) is 1.03. The van der Waals surface area contributed by atoms with E-state index in [1.165, 1.54) is 12.1 Å². The fourth-order valence-corrected chi connectivity index (χ4v) is 2.21. The molecule has 0 amide bonds. The van der Waals surface area contributed by atoms with E-state index >= 15 is 0 Å². The van der Waals surface area contributed by atoms with E-state index in [0.29, 0.717) is 5.56 Å². The smallest absolute Gasteiger partial charge is 0.189 e. The summed E-state index contributed by atoms with van der Waals surface area (Å²) in [6.07, 6.45) is 0. The lowest BCUT2D eigenvalue weighted by Crippen LogP contribution is -1.97. The second-order valence-electron chi connectivity index (χ2n) is 2.73. The van der Waals surface area contributed by atoms with Gasteiger partial charge in [-0.2, -0.15) is 8.42 Å². The second-order valence-corrected chi connectivity index (χ2v) is 4.90. The standard InChI is InChI=1S/C8H8BrFO2S/c1-5-6(2)8(13(10,11)12)4-3-7(5)9/h3-4H,1-2H3. The van der Waals surface area contributed by atoms with E-state index in [1.54, 1.807) is 13.8 Å². The van der Waals surface area contributed by atoms with Gasteiger partial charge in [0.25, 0.3) is 0 Å². The first-order chi connectivity index (χ1) is 5.84. The lowest BCUT2D eigenvalue weighted by Gasteiger charge is -2.05. The van der Waals surface area contributed by atoms with Crippen LogP contribution in [-0.2, 0) is 10.2 Å². The van der Waals surface area contributed by atoms with Crippen molar-refractivity contribution in [2.24, 2.45) is 0 Å². The molecule has 0 aliphatic carbocycles. The van der Waals surface area contributed by atoms with Gasteiger partial charge in [-0.15, -0.1) is 3.89 Å². The summed E-state index contributed by atoms with van der Waals surface area (Å²) in [4.78, 5) is -0.256. The summed E-state index contributed by atoms with van der Waals surface area (Å²) in [6.45, 7) is 3.31. The highest BCUT2D eigenvalue weighted by Crippen LogP contribution is 2.26. The number of rotatable bonds is 1. The van der Waals surface area contributed by atoms with Crippen LogP contribution >= 0.6 is 15.9 Å². The molecule has 0 heterocycles. The number of hydrogen-bond acceptors (Lipinski definition) is 2. The van der Waals surface area contributed by atoms with Gasteiger partial charge in [-0.25, -0.2) is 0 Å². The van der Waals surface area contributed by atoms with E-state index in [0.717, 1.165) is 10.0 Å². The Kier molecular flexibility index (Phi) is 2.77. The first kappa shape index (κ1) is 10.7. The largest absolute Gasteiger partial charge is 0.332 e. The highest BCUT2D eigenvalue weighted by atomic mass is 79.9. The summed E-state index contributed by atoms with van der Waals surface area (Å²) in [7, 11) is -4.59. The highest BCUT2D eigenvalue weighted by molar-refractivity contribution is 9.10. The van der Waals surface area contributed by atoms with Crippen LogP contribution in [0.15, 0.2) is 21.5 Å². The molecule has 1 aromatic carbocycles. The summed E-state index contributed by atoms with van der Waals surface area (Å²) in [5.74, 6) is 0. The van der Waals surface area contributed by atoms with Crippen molar-refractivity contribution in [3.8, 4) is 0 Å². The fraction of sp³-hybridized carbons (Fsp3) is 0.250. The van der Waals surface area contributed by atoms with Gasteiger partial charge >= 0.3 is 10.2 Å². The van der Waals surface area contributed by atoms with E-state index in [-0.39, 0.29) is 4.90 Å². The molecule has 0 saturated heterocycles. The van der Waals surface area contributed by atoms with Crippen LogP contribution in [0.1, 0.15) is 11.1 Å². The van der Waals surface area contributed by atoms with E-state index < -0.39 is 10.2 Å². The van der Waals surface area contributed by atoms with Gasteiger partial charge in [0.15, 0.2) is 0 Å². The van der Waals surface area contributed by atoms with Gasteiger partial charge in [-0.3, -0.25) is 0 Å². The highest BCUT2D eigenvalue weighted by Gasteiger charge is 2.16. The molecule has 0 saturated carbocycles. The molecule has 72 valence electrons. The molecule has 0 radical (unpaired) electrons. The minimum absolute atomic E-state index is 0.256. The van der Waals surface area contributed by atoms with Crippen LogP contribution in [0.2, 0.25) is 0 Å².